The van der Waals surface area contributed by atoms with Crippen LogP contribution in [0.1, 0.15) is 35.2 Å². The predicted octanol–water partition coefficient (Wildman–Crippen LogP) is 3.62. The molecule has 1 aliphatic rings. The molecule has 1 atom stereocenters. The number of aromatic nitrogens is 3. The second-order valence-corrected chi connectivity index (χ2v) is 7.90. The molecule has 0 aliphatic carbocycles. The molecule has 0 amide bonds. The number of hydrogen-bond acceptors (Lipinski definition) is 5. The Labute approximate surface area is 135 Å². The zero-order chi connectivity index (χ0) is 13.9. The molecule has 1 aliphatic heterocycles. The minimum atomic E-state index is 0.253. The monoisotopic (exact) mass is 372 g/mol. The summed E-state index contributed by atoms with van der Waals surface area (Å²) in [6.07, 6.45) is 4.77. The normalized spacial score (nSPS) is 16.7. The lowest BCUT2D eigenvalue weighted by Crippen LogP contribution is -2.10. The average Bonchev–Trinajstić information content (AvgIpc) is 2.96. The average molecular weight is 373 g/mol. The van der Waals surface area contributed by atoms with Crippen LogP contribution < -0.4 is 5.73 Å². The first-order valence-electron chi connectivity index (χ1n) is 6.80. The Morgan fingerprint density at radius 3 is 3.05 bits per heavy atom. The highest BCUT2D eigenvalue weighted by atomic mass is 79.9. The zero-order valence-corrected chi connectivity index (χ0v) is 14.3. The van der Waals surface area contributed by atoms with Crippen molar-refractivity contribution < 1.29 is 0 Å². The maximum absolute atomic E-state index is 5.95. The third-order valence-electron chi connectivity index (χ3n) is 3.44. The lowest BCUT2D eigenvalue weighted by Gasteiger charge is -2.13. The molecule has 2 N–H and O–H groups in total. The van der Waals surface area contributed by atoms with Gasteiger partial charge in [-0.1, -0.05) is 18.2 Å². The maximum Gasteiger partial charge on any atom is 0.191 e. The van der Waals surface area contributed by atoms with Crippen molar-refractivity contribution in [2.75, 3.05) is 6.54 Å². The Hall–Kier alpha value is -0.370. The van der Waals surface area contributed by atoms with Crippen LogP contribution in [0.25, 0.3) is 0 Å². The molecule has 3 heterocycles. The lowest BCUT2D eigenvalue weighted by atomic mass is 10.2. The van der Waals surface area contributed by atoms with Crippen LogP contribution in [0.3, 0.4) is 0 Å². The molecule has 20 heavy (non-hydrogen) atoms. The molecule has 0 fully saturated rings. The van der Waals surface area contributed by atoms with Gasteiger partial charge in [-0.25, -0.2) is 0 Å². The summed E-state index contributed by atoms with van der Waals surface area (Å²) in [5, 5.41) is 12.1. The second-order valence-electron chi connectivity index (χ2n) is 4.87. The van der Waals surface area contributed by atoms with E-state index in [0.717, 1.165) is 28.4 Å². The van der Waals surface area contributed by atoms with Gasteiger partial charge < -0.3 is 10.3 Å². The Morgan fingerprint density at radius 2 is 2.30 bits per heavy atom. The quantitative estimate of drug-likeness (QED) is 0.832. The highest BCUT2D eigenvalue weighted by molar-refractivity contribution is 9.10. The molecular weight excluding hydrogens is 356 g/mol. The van der Waals surface area contributed by atoms with Gasteiger partial charge in [-0.2, -0.15) is 0 Å². The van der Waals surface area contributed by atoms with Gasteiger partial charge >= 0.3 is 0 Å². The van der Waals surface area contributed by atoms with Gasteiger partial charge in [-0.3, -0.25) is 0 Å². The van der Waals surface area contributed by atoms with E-state index in [9.17, 15) is 0 Å². The Morgan fingerprint density at radius 1 is 1.40 bits per heavy atom. The molecule has 108 valence electrons. The highest BCUT2D eigenvalue weighted by Gasteiger charge is 2.20. The number of thiophene rings is 1. The molecule has 4 nitrogen and oxygen atoms in total. The van der Waals surface area contributed by atoms with E-state index in [4.69, 9.17) is 5.73 Å². The SMILES string of the molecule is NCC(Sc1nnc2n1CCCCC2)c1cc(Br)cs1. The third kappa shape index (κ3) is 3.10. The number of thioether (sulfide) groups is 1. The molecule has 0 spiro atoms. The van der Waals surface area contributed by atoms with E-state index in [1.165, 1.54) is 24.1 Å². The van der Waals surface area contributed by atoms with Gasteiger partial charge in [0.15, 0.2) is 5.16 Å². The third-order valence-corrected chi connectivity index (χ3v) is 6.64. The molecule has 0 saturated heterocycles. The van der Waals surface area contributed by atoms with Gasteiger partial charge in [0.05, 0.1) is 5.25 Å². The minimum absolute atomic E-state index is 0.253. The first kappa shape index (κ1) is 14.6. The molecule has 2 aromatic heterocycles. The van der Waals surface area contributed by atoms with E-state index < -0.39 is 0 Å². The molecular formula is C13H17BrN4S2. The lowest BCUT2D eigenvalue weighted by molar-refractivity contribution is 0.590. The van der Waals surface area contributed by atoms with Crippen LogP contribution in [0, 0.1) is 0 Å². The van der Waals surface area contributed by atoms with E-state index in [-0.39, 0.29) is 5.25 Å². The molecule has 2 aromatic rings. The van der Waals surface area contributed by atoms with Crippen LogP contribution >= 0.6 is 39.0 Å². The fourth-order valence-corrected chi connectivity index (χ4v) is 5.09. The molecule has 0 saturated carbocycles. The van der Waals surface area contributed by atoms with Gasteiger partial charge in [0.1, 0.15) is 5.82 Å². The van der Waals surface area contributed by atoms with Crippen molar-refractivity contribution in [2.45, 2.75) is 42.6 Å². The number of fused-ring (bicyclic) bond motifs is 1. The molecule has 0 aromatic carbocycles. The summed E-state index contributed by atoms with van der Waals surface area (Å²) in [7, 11) is 0. The molecule has 1 unspecified atom stereocenters. The van der Waals surface area contributed by atoms with Crippen LogP contribution in [0.2, 0.25) is 0 Å². The molecule has 7 heteroatoms. The van der Waals surface area contributed by atoms with Crippen molar-refractivity contribution in [2.24, 2.45) is 5.73 Å². The Kier molecular flexibility index (Phi) is 4.80. The van der Waals surface area contributed by atoms with Crippen molar-refractivity contribution in [3.8, 4) is 0 Å². The maximum atomic E-state index is 5.95. The van der Waals surface area contributed by atoms with Gasteiger partial charge in [0.25, 0.3) is 0 Å². The number of halogens is 1. The predicted molar refractivity (Wildman–Crippen MR) is 87.2 cm³/mol. The topological polar surface area (TPSA) is 56.7 Å². The van der Waals surface area contributed by atoms with E-state index in [2.05, 4.69) is 42.1 Å². The van der Waals surface area contributed by atoms with Crippen molar-refractivity contribution >= 4 is 39.0 Å². The van der Waals surface area contributed by atoms with Gasteiger partial charge in [0.2, 0.25) is 0 Å². The first-order valence-corrected chi connectivity index (χ1v) is 9.36. The van der Waals surface area contributed by atoms with Crippen LogP contribution in [-0.4, -0.2) is 21.3 Å². The zero-order valence-electron chi connectivity index (χ0n) is 11.1. The Balaban J connectivity index is 1.81. The summed E-state index contributed by atoms with van der Waals surface area (Å²) < 4.78 is 3.40. The van der Waals surface area contributed by atoms with Gasteiger partial charge in [-0.05, 0) is 34.8 Å². The summed E-state index contributed by atoms with van der Waals surface area (Å²) in [5.41, 5.74) is 5.95. The summed E-state index contributed by atoms with van der Waals surface area (Å²) in [5.74, 6) is 1.13. The number of nitrogens with zero attached hydrogens (tertiary/aromatic N) is 3. The first-order chi connectivity index (χ1) is 9.78. The van der Waals surface area contributed by atoms with E-state index in [1.807, 2.05) is 0 Å². The second kappa shape index (κ2) is 6.60. The molecule has 3 rings (SSSR count). The standard InChI is InChI=1S/C13H17BrN4S2/c14-9-6-10(19-8-9)11(7-15)20-13-17-16-12-4-2-1-3-5-18(12)13/h6,8,11H,1-5,7,15H2. The minimum Gasteiger partial charge on any atom is -0.329 e. The highest BCUT2D eigenvalue weighted by Crippen LogP contribution is 2.38. The molecule has 0 radical (unpaired) electrons. The summed E-state index contributed by atoms with van der Waals surface area (Å²) in [4.78, 5) is 1.29. The largest absolute Gasteiger partial charge is 0.329 e. The van der Waals surface area contributed by atoms with Crippen LogP contribution in [-0.2, 0) is 13.0 Å². The van der Waals surface area contributed by atoms with Crippen LogP contribution in [0.4, 0.5) is 0 Å². The fraction of sp³-hybridized carbons (Fsp3) is 0.538. The number of nitrogens with two attached hydrogens (primary N) is 1. The van der Waals surface area contributed by atoms with Crippen molar-refractivity contribution in [3.05, 3.63) is 26.6 Å². The van der Waals surface area contributed by atoms with Gasteiger partial charge in [-0.15, -0.1) is 21.5 Å². The van der Waals surface area contributed by atoms with Crippen molar-refractivity contribution in [3.63, 3.8) is 0 Å². The molecule has 0 bridgehead atoms. The summed E-state index contributed by atoms with van der Waals surface area (Å²) in [6.45, 7) is 1.65. The van der Waals surface area contributed by atoms with Crippen LogP contribution in [0.5, 0.6) is 0 Å². The smallest absolute Gasteiger partial charge is 0.191 e. The fourth-order valence-electron chi connectivity index (χ4n) is 2.39. The van der Waals surface area contributed by atoms with E-state index >= 15 is 0 Å². The van der Waals surface area contributed by atoms with Crippen LogP contribution in [0.15, 0.2) is 21.1 Å². The summed E-state index contributed by atoms with van der Waals surface area (Å²) in [6, 6.07) is 2.15. The van der Waals surface area contributed by atoms with E-state index in [1.54, 1.807) is 23.1 Å². The summed E-state index contributed by atoms with van der Waals surface area (Å²) >= 11 is 6.99. The number of aryl methyl sites for hydroxylation is 1. The van der Waals surface area contributed by atoms with Crippen molar-refractivity contribution in [1.82, 2.24) is 14.8 Å². The van der Waals surface area contributed by atoms with E-state index in [0.29, 0.717) is 6.54 Å². The number of hydrogen-bond donors (Lipinski definition) is 1. The van der Waals surface area contributed by atoms with Gasteiger partial charge in [0, 0.05) is 34.2 Å². The van der Waals surface area contributed by atoms with Crippen molar-refractivity contribution in [1.29, 1.82) is 0 Å². The Bertz CT molecular complexity index is 581. The number of rotatable bonds is 4.